The first-order valence-corrected chi connectivity index (χ1v) is 0. The minimum Gasteiger partial charge on any atom is -1.00 e. The van der Waals surface area contributed by atoms with Crippen LogP contribution in [-0.2, 0) is 0 Å². The zero-order valence-corrected chi connectivity index (χ0v) is 13.6. The van der Waals surface area contributed by atoms with Crippen LogP contribution in [0.4, 0.5) is 0 Å². The predicted octanol–water partition coefficient (Wildman–Crippen LogP) is -17.6. The molecule has 0 aromatic heterocycles. The maximum Gasteiger partial charge on any atom is 1.00 e. The van der Waals surface area contributed by atoms with E-state index >= 15 is 0 Å². The molecule has 0 amide bonds. The van der Waals surface area contributed by atoms with Crippen molar-refractivity contribution in [3.8, 4) is 0 Å². The summed E-state index contributed by atoms with van der Waals surface area (Å²) < 4.78 is 0. The molecule has 0 N–H and O–H groups in total. The van der Waals surface area contributed by atoms with Gasteiger partial charge in [-0.2, -0.15) is 0 Å². The smallest absolute Gasteiger partial charge is 1.00 e. The molecule has 0 atom stereocenters. The molecular formula is HCl4Na3. The summed E-state index contributed by atoms with van der Waals surface area (Å²) in [6.07, 6.45) is 0. The van der Waals surface area contributed by atoms with Gasteiger partial charge in [0.2, 0.25) is 0 Å². The van der Waals surface area contributed by atoms with Crippen LogP contribution >= 0.6 is 12.4 Å². The van der Waals surface area contributed by atoms with Crippen LogP contribution in [0.1, 0.15) is 0 Å². The first-order chi connectivity index (χ1) is 0. The molecule has 0 spiro atoms. The van der Waals surface area contributed by atoms with E-state index in [0.29, 0.717) is 0 Å². The van der Waals surface area contributed by atoms with Gasteiger partial charge in [0.25, 0.3) is 0 Å². The van der Waals surface area contributed by atoms with Gasteiger partial charge >= 0.3 is 88.7 Å². The normalized spacial score (nSPS) is 0. The van der Waals surface area contributed by atoms with E-state index in [-0.39, 0.29) is 138 Å². The van der Waals surface area contributed by atoms with Crippen molar-refractivity contribution < 1.29 is 126 Å². The Hall–Kier alpha value is 4.16. The second-order valence-corrected chi connectivity index (χ2v) is 0. The molecular weight excluding hydrogens is 211 g/mol. The third-order valence-corrected chi connectivity index (χ3v) is 0. The van der Waals surface area contributed by atoms with Crippen LogP contribution < -0.4 is 126 Å². The van der Waals surface area contributed by atoms with Crippen molar-refractivity contribution in [2.75, 3.05) is 0 Å². The van der Waals surface area contributed by atoms with Crippen molar-refractivity contribution in [1.82, 2.24) is 0 Å². The van der Waals surface area contributed by atoms with Crippen LogP contribution in [0.5, 0.6) is 0 Å². The van der Waals surface area contributed by atoms with E-state index in [4.69, 9.17) is 0 Å². The molecule has 0 aromatic carbocycles. The summed E-state index contributed by atoms with van der Waals surface area (Å²) in [6.45, 7) is 0. The minimum atomic E-state index is 0. The van der Waals surface area contributed by atoms with Gasteiger partial charge in [-0.1, -0.05) is 0 Å². The van der Waals surface area contributed by atoms with E-state index in [9.17, 15) is 0 Å². The number of hydrogen-bond donors (Lipinski definition) is 0. The van der Waals surface area contributed by atoms with Crippen LogP contribution in [0, 0.1) is 0 Å². The fraction of sp³-hybridized carbons (Fsp3) is 0. The summed E-state index contributed by atoms with van der Waals surface area (Å²) in [6, 6.07) is 0. The Morgan fingerprint density at radius 1 is 0.429 bits per heavy atom. The molecule has 0 aromatic rings. The number of hydrogen-bond acceptors (Lipinski definition) is 0. The summed E-state index contributed by atoms with van der Waals surface area (Å²) in [5.74, 6) is 0. The molecule has 0 heterocycles. The molecule has 0 aliphatic carbocycles. The van der Waals surface area contributed by atoms with E-state index in [1.54, 1.807) is 0 Å². The Kier molecular flexibility index (Phi) is 468. The van der Waals surface area contributed by atoms with Gasteiger partial charge in [-0.15, -0.1) is 12.4 Å². The largest absolute Gasteiger partial charge is 1.00 e. The fourth-order valence-corrected chi connectivity index (χ4v) is 0. The Balaban J connectivity index is 0. The molecule has 0 aliphatic heterocycles. The monoisotopic (exact) mass is 210 g/mol. The summed E-state index contributed by atoms with van der Waals surface area (Å²) in [5.41, 5.74) is 0. The summed E-state index contributed by atoms with van der Waals surface area (Å²) >= 11 is 0. The predicted molar refractivity (Wildman–Crippen MR) is 7.25 cm³/mol. The zero-order chi connectivity index (χ0) is 0. The van der Waals surface area contributed by atoms with E-state index in [1.807, 2.05) is 0 Å². The standard InChI is InChI=1S/4ClH.3Na/h4*1H;;;/q;;;;3*+1/p-3. The number of rotatable bonds is 0. The van der Waals surface area contributed by atoms with Crippen LogP contribution in [0.15, 0.2) is 0 Å². The first kappa shape index (κ1) is 66.6. The maximum atomic E-state index is 0. The fourth-order valence-electron chi connectivity index (χ4n) is 0. The molecule has 0 rings (SSSR count). The average molecular weight is 212 g/mol. The molecule has 0 aliphatic rings. The molecule has 7 heteroatoms. The van der Waals surface area contributed by atoms with Crippen LogP contribution in [0.3, 0.4) is 0 Å². The molecule has 0 unspecified atom stereocenters. The number of halogens is 4. The second-order valence-electron chi connectivity index (χ2n) is 0. The SMILES string of the molecule is Cl.[Cl-].[Cl-].[Cl-].[Na+].[Na+].[Na+]. The Morgan fingerprint density at radius 3 is 0.429 bits per heavy atom. The van der Waals surface area contributed by atoms with Crippen molar-refractivity contribution in [2.45, 2.75) is 0 Å². The van der Waals surface area contributed by atoms with Gasteiger partial charge in [0, 0.05) is 0 Å². The summed E-state index contributed by atoms with van der Waals surface area (Å²) in [5, 5.41) is 0. The minimum absolute atomic E-state index is 0. The molecule has 32 valence electrons. The molecule has 0 bridgehead atoms. The first-order valence-electron chi connectivity index (χ1n) is 0. The topological polar surface area (TPSA) is 0 Å². The average Bonchev–Trinajstić information content (AvgIpc) is 0. The molecule has 7 heavy (non-hydrogen) atoms. The van der Waals surface area contributed by atoms with Crippen LogP contribution in [0.2, 0.25) is 0 Å². The van der Waals surface area contributed by atoms with Gasteiger partial charge in [-0.05, 0) is 0 Å². The van der Waals surface area contributed by atoms with E-state index in [0.717, 1.165) is 0 Å². The van der Waals surface area contributed by atoms with Crippen molar-refractivity contribution in [1.29, 1.82) is 0 Å². The maximum absolute atomic E-state index is 0. The van der Waals surface area contributed by atoms with Gasteiger partial charge in [-0.3, -0.25) is 0 Å². The molecule has 0 radical (unpaired) electrons. The van der Waals surface area contributed by atoms with Crippen molar-refractivity contribution in [2.24, 2.45) is 0 Å². The third-order valence-electron chi connectivity index (χ3n) is 0. The summed E-state index contributed by atoms with van der Waals surface area (Å²) in [4.78, 5) is 0. The van der Waals surface area contributed by atoms with Crippen molar-refractivity contribution in [3.05, 3.63) is 0 Å². The van der Waals surface area contributed by atoms with Crippen LogP contribution in [0.25, 0.3) is 0 Å². The van der Waals surface area contributed by atoms with Crippen molar-refractivity contribution >= 4 is 12.4 Å². The van der Waals surface area contributed by atoms with Gasteiger partial charge in [-0.25, -0.2) is 0 Å². The Labute approximate surface area is 135 Å². The zero-order valence-electron chi connectivity index (χ0n) is 4.54. The Morgan fingerprint density at radius 2 is 0.429 bits per heavy atom. The van der Waals surface area contributed by atoms with Gasteiger partial charge in [0.1, 0.15) is 0 Å². The Bertz CT molecular complexity index is 6.90. The second kappa shape index (κ2) is 49.3. The van der Waals surface area contributed by atoms with E-state index in [2.05, 4.69) is 0 Å². The van der Waals surface area contributed by atoms with Gasteiger partial charge < -0.3 is 37.2 Å². The van der Waals surface area contributed by atoms with E-state index in [1.165, 1.54) is 0 Å². The molecule has 0 saturated heterocycles. The molecule has 0 saturated carbocycles. The molecule has 0 fully saturated rings. The van der Waals surface area contributed by atoms with Crippen LogP contribution in [-0.4, -0.2) is 0 Å². The summed E-state index contributed by atoms with van der Waals surface area (Å²) in [7, 11) is 0. The molecule has 0 nitrogen and oxygen atoms in total. The van der Waals surface area contributed by atoms with Gasteiger partial charge in [0.05, 0.1) is 0 Å². The van der Waals surface area contributed by atoms with Crippen molar-refractivity contribution in [3.63, 3.8) is 0 Å². The van der Waals surface area contributed by atoms with E-state index < -0.39 is 0 Å². The van der Waals surface area contributed by atoms with Gasteiger partial charge in [0.15, 0.2) is 0 Å². The quantitative estimate of drug-likeness (QED) is 0.350. The third kappa shape index (κ3) is 39.1.